The lowest BCUT2D eigenvalue weighted by molar-refractivity contribution is -0.144. The zero-order chi connectivity index (χ0) is 17.8. The van der Waals surface area contributed by atoms with Crippen molar-refractivity contribution in [2.24, 2.45) is 0 Å². The van der Waals surface area contributed by atoms with Crippen LogP contribution in [0.1, 0.15) is 69.2 Å². The van der Waals surface area contributed by atoms with Crippen LogP contribution >= 0.6 is 0 Å². The lowest BCUT2D eigenvalue weighted by Crippen LogP contribution is -2.10. The summed E-state index contributed by atoms with van der Waals surface area (Å²) in [6.07, 6.45) is 5.02. The van der Waals surface area contributed by atoms with Gasteiger partial charge in [0.15, 0.2) is 5.78 Å². The normalized spacial score (nSPS) is 10.2. The molecule has 0 bridgehead atoms. The summed E-state index contributed by atoms with van der Waals surface area (Å²) in [5.74, 6) is -0.323. The average molecular weight is 334 g/mol. The van der Waals surface area contributed by atoms with E-state index in [0.717, 1.165) is 25.7 Å². The van der Waals surface area contributed by atoms with Crippen LogP contribution in [0.25, 0.3) is 0 Å². The first-order valence-electron chi connectivity index (χ1n) is 8.50. The Morgan fingerprint density at radius 1 is 0.875 bits per heavy atom. The zero-order valence-corrected chi connectivity index (χ0v) is 14.5. The second-order valence-corrected chi connectivity index (χ2v) is 5.69. The Balaban J connectivity index is 2.17. The first-order chi connectivity index (χ1) is 11.5. The molecule has 0 aliphatic heterocycles. The summed E-state index contributed by atoms with van der Waals surface area (Å²) in [7, 11) is 0. The molecule has 0 saturated heterocycles. The van der Waals surface area contributed by atoms with E-state index in [0.29, 0.717) is 24.3 Å². The molecule has 0 aliphatic carbocycles. The summed E-state index contributed by atoms with van der Waals surface area (Å²) in [4.78, 5) is 34.4. The van der Waals surface area contributed by atoms with Crippen LogP contribution in [0, 0.1) is 0 Å². The summed E-state index contributed by atoms with van der Waals surface area (Å²) >= 11 is 0. The number of esters is 2. The van der Waals surface area contributed by atoms with Crippen molar-refractivity contribution in [3.63, 3.8) is 0 Å². The van der Waals surface area contributed by atoms with E-state index in [2.05, 4.69) is 6.92 Å². The second-order valence-electron chi connectivity index (χ2n) is 5.69. The molecule has 0 aromatic heterocycles. The van der Waals surface area contributed by atoms with Crippen molar-refractivity contribution in [1.29, 1.82) is 0 Å². The standard InChI is InChI=1S/C19H26O5/c1-3-4-5-6-14-23-18(21)8-7-9-19(22)24-17-12-10-16(11-13-17)15(2)20/h10-13H,3-9,14H2,1-2H3. The number of rotatable bonds is 11. The maximum atomic E-state index is 11.7. The molecule has 24 heavy (non-hydrogen) atoms. The van der Waals surface area contributed by atoms with Gasteiger partial charge in [0.1, 0.15) is 5.75 Å². The van der Waals surface area contributed by atoms with Crippen molar-refractivity contribution in [1.82, 2.24) is 0 Å². The van der Waals surface area contributed by atoms with Gasteiger partial charge in [-0.05, 0) is 44.0 Å². The third-order valence-corrected chi connectivity index (χ3v) is 3.52. The number of benzene rings is 1. The number of ether oxygens (including phenoxy) is 2. The number of hydrogen-bond donors (Lipinski definition) is 0. The summed E-state index contributed by atoms with van der Waals surface area (Å²) in [6.45, 7) is 4.05. The van der Waals surface area contributed by atoms with Gasteiger partial charge in [0, 0.05) is 18.4 Å². The molecule has 0 heterocycles. The average Bonchev–Trinajstić information content (AvgIpc) is 2.55. The fourth-order valence-electron chi connectivity index (χ4n) is 2.10. The molecule has 1 aromatic rings. The molecule has 5 heteroatoms. The lowest BCUT2D eigenvalue weighted by atomic mass is 10.1. The Morgan fingerprint density at radius 3 is 2.17 bits per heavy atom. The molecule has 132 valence electrons. The lowest BCUT2D eigenvalue weighted by Gasteiger charge is -2.06. The van der Waals surface area contributed by atoms with Gasteiger partial charge in [0.05, 0.1) is 6.61 Å². The van der Waals surface area contributed by atoms with Crippen LogP contribution in [-0.4, -0.2) is 24.3 Å². The predicted molar refractivity (Wildman–Crippen MR) is 91.0 cm³/mol. The fraction of sp³-hybridized carbons (Fsp3) is 0.526. The number of hydrogen-bond acceptors (Lipinski definition) is 5. The molecule has 5 nitrogen and oxygen atoms in total. The van der Waals surface area contributed by atoms with Crippen molar-refractivity contribution in [3.8, 4) is 5.75 Å². The third-order valence-electron chi connectivity index (χ3n) is 3.52. The van der Waals surface area contributed by atoms with Gasteiger partial charge < -0.3 is 9.47 Å². The largest absolute Gasteiger partial charge is 0.466 e. The van der Waals surface area contributed by atoms with E-state index in [1.165, 1.54) is 6.92 Å². The van der Waals surface area contributed by atoms with Crippen molar-refractivity contribution >= 4 is 17.7 Å². The fourth-order valence-corrected chi connectivity index (χ4v) is 2.10. The van der Waals surface area contributed by atoms with Crippen LogP contribution in [0.5, 0.6) is 5.75 Å². The molecule has 0 unspecified atom stereocenters. The molecule has 0 spiro atoms. The summed E-state index contributed by atoms with van der Waals surface area (Å²) in [6, 6.07) is 6.39. The summed E-state index contributed by atoms with van der Waals surface area (Å²) < 4.78 is 10.3. The van der Waals surface area contributed by atoms with E-state index >= 15 is 0 Å². The van der Waals surface area contributed by atoms with E-state index in [9.17, 15) is 14.4 Å². The highest BCUT2D eigenvalue weighted by molar-refractivity contribution is 5.94. The van der Waals surface area contributed by atoms with Gasteiger partial charge in [-0.15, -0.1) is 0 Å². The number of carbonyl (C=O) groups is 3. The number of carbonyl (C=O) groups excluding carboxylic acids is 3. The minimum Gasteiger partial charge on any atom is -0.466 e. The second kappa shape index (κ2) is 11.4. The van der Waals surface area contributed by atoms with Crippen LogP contribution in [0.3, 0.4) is 0 Å². The number of ketones is 1. The van der Waals surface area contributed by atoms with Crippen LogP contribution in [0.2, 0.25) is 0 Å². The van der Waals surface area contributed by atoms with Crippen LogP contribution < -0.4 is 4.74 Å². The molecule has 0 saturated carbocycles. The van der Waals surface area contributed by atoms with Crippen LogP contribution in [0.4, 0.5) is 0 Å². The maximum absolute atomic E-state index is 11.7. The van der Waals surface area contributed by atoms with Crippen molar-refractivity contribution in [3.05, 3.63) is 29.8 Å². The van der Waals surface area contributed by atoms with E-state index in [4.69, 9.17) is 9.47 Å². The highest BCUT2D eigenvalue weighted by Crippen LogP contribution is 2.14. The first-order valence-corrected chi connectivity index (χ1v) is 8.50. The van der Waals surface area contributed by atoms with Crippen LogP contribution in [-0.2, 0) is 14.3 Å². The number of unbranched alkanes of at least 4 members (excludes halogenated alkanes) is 3. The minimum atomic E-state index is -0.402. The topological polar surface area (TPSA) is 69.7 Å². The van der Waals surface area contributed by atoms with Gasteiger partial charge in [-0.3, -0.25) is 14.4 Å². The van der Waals surface area contributed by atoms with Gasteiger partial charge in [0.25, 0.3) is 0 Å². The summed E-state index contributed by atoms with van der Waals surface area (Å²) in [5.41, 5.74) is 0.566. The SMILES string of the molecule is CCCCCCOC(=O)CCCC(=O)Oc1ccc(C(C)=O)cc1. The molecule has 0 N–H and O–H groups in total. The highest BCUT2D eigenvalue weighted by atomic mass is 16.5. The van der Waals surface area contributed by atoms with E-state index in [-0.39, 0.29) is 24.6 Å². The maximum Gasteiger partial charge on any atom is 0.311 e. The smallest absolute Gasteiger partial charge is 0.311 e. The Morgan fingerprint density at radius 2 is 1.54 bits per heavy atom. The Bertz CT molecular complexity index is 533. The Hall–Kier alpha value is -2.17. The minimum absolute atomic E-state index is 0.0407. The summed E-state index contributed by atoms with van der Waals surface area (Å²) in [5, 5.41) is 0. The van der Waals surface area contributed by atoms with E-state index < -0.39 is 5.97 Å². The van der Waals surface area contributed by atoms with Crippen molar-refractivity contribution in [2.75, 3.05) is 6.61 Å². The molecule has 0 fully saturated rings. The molecular weight excluding hydrogens is 308 g/mol. The number of Topliss-reactive ketones (excluding diaryl/α,β-unsaturated/α-hetero) is 1. The van der Waals surface area contributed by atoms with E-state index in [1.807, 2.05) is 0 Å². The van der Waals surface area contributed by atoms with Crippen molar-refractivity contribution in [2.45, 2.75) is 58.8 Å². The van der Waals surface area contributed by atoms with Gasteiger partial charge >= 0.3 is 11.9 Å². The molecule has 0 radical (unpaired) electrons. The molecule has 0 aliphatic rings. The van der Waals surface area contributed by atoms with Crippen molar-refractivity contribution < 1.29 is 23.9 Å². The highest BCUT2D eigenvalue weighted by Gasteiger charge is 2.09. The molecule has 0 atom stereocenters. The Kier molecular flexibility index (Phi) is 9.42. The zero-order valence-electron chi connectivity index (χ0n) is 14.5. The third kappa shape index (κ3) is 8.46. The molecule has 1 rings (SSSR count). The van der Waals surface area contributed by atoms with E-state index in [1.54, 1.807) is 24.3 Å². The monoisotopic (exact) mass is 334 g/mol. The molecule has 0 amide bonds. The van der Waals surface area contributed by atoms with Crippen LogP contribution in [0.15, 0.2) is 24.3 Å². The first kappa shape index (κ1) is 19.9. The van der Waals surface area contributed by atoms with Gasteiger partial charge in [-0.1, -0.05) is 26.2 Å². The Labute approximate surface area is 143 Å². The quantitative estimate of drug-likeness (QED) is 0.264. The van der Waals surface area contributed by atoms with Gasteiger partial charge in [0.2, 0.25) is 0 Å². The predicted octanol–water partition coefficient (Wildman–Crippen LogP) is 4.09. The molecular formula is C19H26O5. The van der Waals surface area contributed by atoms with Gasteiger partial charge in [-0.25, -0.2) is 0 Å². The van der Waals surface area contributed by atoms with Gasteiger partial charge in [-0.2, -0.15) is 0 Å². The molecule has 1 aromatic carbocycles.